The van der Waals surface area contributed by atoms with Crippen LogP contribution >= 0.6 is 0 Å². The van der Waals surface area contributed by atoms with Gasteiger partial charge in [-0.3, -0.25) is 0 Å². The number of rotatable bonds is 2. The van der Waals surface area contributed by atoms with E-state index in [1.54, 1.807) is 0 Å². The van der Waals surface area contributed by atoms with Gasteiger partial charge in [-0.15, -0.1) is 0 Å². The van der Waals surface area contributed by atoms with Crippen molar-refractivity contribution in [1.29, 1.82) is 0 Å². The molecule has 2 atom stereocenters. The summed E-state index contributed by atoms with van der Waals surface area (Å²) in [5.74, 6) is -0.706. The molecule has 0 aromatic heterocycles. The summed E-state index contributed by atoms with van der Waals surface area (Å²) in [5.41, 5.74) is 0.469. The summed E-state index contributed by atoms with van der Waals surface area (Å²) >= 11 is 0. The molecular formula is C16H24O2. The molecule has 1 fully saturated rings. The summed E-state index contributed by atoms with van der Waals surface area (Å²) in [6, 6.07) is 9.88. The lowest BCUT2D eigenvalue weighted by Crippen LogP contribution is -2.54. The van der Waals surface area contributed by atoms with Crippen LogP contribution in [-0.4, -0.2) is 16.0 Å². The first-order valence-corrected chi connectivity index (χ1v) is 6.87. The fraction of sp³-hybridized carbons (Fsp3) is 0.625. The molecule has 1 aliphatic carbocycles. The van der Waals surface area contributed by atoms with Crippen LogP contribution in [0, 0.1) is 11.8 Å². The van der Waals surface area contributed by atoms with E-state index in [9.17, 15) is 10.2 Å². The van der Waals surface area contributed by atoms with E-state index < -0.39 is 11.2 Å². The summed E-state index contributed by atoms with van der Waals surface area (Å²) in [7, 11) is 0. The minimum Gasteiger partial charge on any atom is -0.365 e. The van der Waals surface area contributed by atoms with E-state index >= 15 is 0 Å². The summed E-state index contributed by atoms with van der Waals surface area (Å²) in [5, 5.41) is 21.0. The van der Waals surface area contributed by atoms with Gasteiger partial charge in [0.2, 0.25) is 0 Å². The Labute approximate surface area is 110 Å². The Kier molecular flexibility index (Phi) is 3.52. The first-order valence-electron chi connectivity index (χ1n) is 6.87. The van der Waals surface area contributed by atoms with Crippen LogP contribution in [0.3, 0.4) is 0 Å². The third-order valence-electron chi connectivity index (χ3n) is 4.80. The van der Waals surface area contributed by atoms with E-state index in [0.717, 1.165) is 18.4 Å². The van der Waals surface area contributed by atoms with E-state index in [1.165, 1.54) is 0 Å². The van der Waals surface area contributed by atoms with Crippen LogP contribution in [0.4, 0.5) is 0 Å². The van der Waals surface area contributed by atoms with Gasteiger partial charge in [-0.2, -0.15) is 0 Å². The topological polar surface area (TPSA) is 40.5 Å². The highest BCUT2D eigenvalue weighted by Crippen LogP contribution is 2.48. The highest BCUT2D eigenvalue weighted by molar-refractivity contribution is 5.28. The Morgan fingerprint density at radius 1 is 1.17 bits per heavy atom. The van der Waals surface area contributed by atoms with Gasteiger partial charge in [-0.05, 0) is 30.2 Å². The van der Waals surface area contributed by atoms with Gasteiger partial charge in [0.1, 0.15) is 0 Å². The first kappa shape index (κ1) is 13.6. The lowest BCUT2D eigenvalue weighted by Gasteiger charge is -2.48. The standard InChI is InChI=1S/C16H24O2/c1-12(2)13-9-10-15(3,16(17,18)11-13)14-7-5-4-6-8-14/h4-8,12-13,17-18H,9-11H2,1-3H3. The minimum atomic E-state index is -1.61. The number of benzene rings is 1. The van der Waals surface area contributed by atoms with Crippen LogP contribution < -0.4 is 0 Å². The lowest BCUT2D eigenvalue weighted by molar-refractivity contribution is -0.239. The van der Waals surface area contributed by atoms with Gasteiger partial charge >= 0.3 is 0 Å². The molecule has 0 heterocycles. The Morgan fingerprint density at radius 2 is 1.78 bits per heavy atom. The molecule has 1 aliphatic rings. The van der Waals surface area contributed by atoms with Crippen molar-refractivity contribution >= 4 is 0 Å². The highest BCUT2D eigenvalue weighted by Gasteiger charge is 2.51. The predicted molar refractivity (Wildman–Crippen MR) is 73.1 cm³/mol. The largest absolute Gasteiger partial charge is 0.365 e. The molecule has 2 unspecified atom stereocenters. The van der Waals surface area contributed by atoms with Gasteiger partial charge in [0.05, 0.1) is 0 Å². The summed E-state index contributed by atoms with van der Waals surface area (Å²) in [6.45, 7) is 6.29. The Hall–Kier alpha value is -0.860. The zero-order chi connectivity index (χ0) is 13.4. The van der Waals surface area contributed by atoms with Crippen LogP contribution in [0.15, 0.2) is 30.3 Å². The van der Waals surface area contributed by atoms with Crippen molar-refractivity contribution in [3.8, 4) is 0 Å². The molecule has 0 bridgehead atoms. The molecule has 2 nitrogen and oxygen atoms in total. The van der Waals surface area contributed by atoms with Crippen LogP contribution in [0.1, 0.15) is 45.6 Å². The van der Waals surface area contributed by atoms with E-state index in [1.807, 2.05) is 37.3 Å². The van der Waals surface area contributed by atoms with E-state index in [2.05, 4.69) is 13.8 Å². The van der Waals surface area contributed by atoms with Gasteiger partial charge in [-0.25, -0.2) is 0 Å². The van der Waals surface area contributed by atoms with Crippen molar-refractivity contribution in [2.45, 2.75) is 51.2 Å². The van der Waals surface area contributed by atoms with Gasteiger partial charge < -0.3 is 10.2 Å². The van der Waals surface area contributed by atoms with Crippen LogP contribution in [0.5, 0.6) is 0 Å². The fourth-order valence-corrected chi connectivity index (χ4v) is 3.12. The molecule has 1 aromatic rings. The van der Waals surface area contributed by atoms with E-state index in [0.29, 0.717) is 18.3 Å². The SMILES string of the molecule is CC(C)C1CCC(C)(c2ccccc2)C(O)(O)C1. The average molecular weight is 248 g/mol. The van der Waals surface area contributed by atoms with Crippen molar-refractivity contribution < 1.29 is 10.2 Å². The number of aliphatic hydroxyl groups is 2. The third kappa shape index (κ3) is 2.19. The Balaban J connectivity index is 2.30. The van der Waals surface area contributed by atoms with Crippen molar-refractivity contribution in [2.75, 3.05) is 0 Å². The molecule has 18 heavy (non-hydrogen) atoms. The summed E-state index contributed by atoms with van der Waals surface area (Å²) < 4.78 is 0. The predicted octanol–water partition coefficient (Wildman–Crippen LogP) is 3.08. The van der Waals surface area contributed by atoms with Gasteiger partial charge in [0.25, 0.3) is 0 Å². The molecule has 0 saturated heterocycles. The van der Waals surface area contributed by atoms with Crippen LogP contribution in [0.25, 0.3) is 0 Å². The first-order chi connectivity index (χ1) is 8.37. The van der Waals surface area contributed by atoms with E-state index in [-0.39, 0.29) is 0 Å². The molecule has 2 heteroatoms. The Morgan fingerprint density at radius 3 is 2.28 bits per heavy atom. The summed E-state index contributed by atoms with van der Waals surface area (Å²) in [4.78, 5) is 0. The molecule has 2 rings (SSSR count). The second-order valence-electron chi connectivity index (χ2n) is 6.26. The molecule has 0 aliphatic heterocycles. The maximum atomic E-state index is 10.5. The second kappa shape index (κ2) is 4.67. The minimum absolute atomic E-state index is 0.400. The maximum absolute atomic E-state index is 10.5. The quantitative estimate of drug-likeness (QED) is 0.790. The molecule has 100 valence electrons. The zero-order valence-corrected chi connectivity index (χ0v) is 11.6. The summed E-state index contributed by atoms with van der Waals surface area (Å²) in [6.07, 6.45) is 2.36. The molecule has 1 aromatic carbocycles. The number of hydrogen-bond donors (Lipinski definition) is 2. The molecule has 0 amide bonds. The average Bonchev–Trinajstić information content (AvgIpc) is 2.33. The van der Waals surface area contributed by atoms with Crippen molar-refractivity contribution in [3.05, 3.63) is 35.9 Å². The van der Waals surface area contributed by atoms with E-state index in [4.69, 9.17) is 0 Å². The molecule has 0 radical (unpaired) electrons. The third-order valence-corrected chi connectivity index (χ3v) is 4.80. The normalized spacial score (nSPS) is 31.6. The lowest BCUT2D eigenvalue weighted by atomic mass is 9.62. The molecule has 0 spiro atoms. The smallest absolute Gasteiger partial charge is 0.172 e. The zero-order valence-electron chi connectivity index (χ0n) is 11.6. The van der Waals surface area contributed by atoms with Crippen LogP contribution in [-0.2, 0) is 5.41 Å². The van der Waals surface area contributed by atoms with Crippen molar-refractivity contribution in [2.24, 2.45) is 11.8 Å². The van der Waals surface area contributed by atoms with Crippen LogP contribution in [0.2, 0.25) is 0 Å². The fourth-order valence-electron chi connectivity index (χ4n) is 3.12. The number of hydrogen-bond acceptors (Lipinski definition) is 2. The van der Waals surface area contributed by atoms with Gasteiger partial charge in [0.15, 0.2) is 5.79 Å². The Bertz CT molecular complexity index is 397. The van der Waals surface area contributed by atoms with Gasteiger partial charge in [0, 0.05) is 11.8 Å². The van der Waals surface area contributed by atoms with Crippen molar-refractivity contribution in [1.82, 2.24) is 0 Å². The monoisotopic (exact) mass is 248 g/mol. The van der Waals surface area contributed by atoms with Gasteiger partial charge in [-0.1, -0.05) is 51.1 Å². The van der Waals surface area contributed by atoms with Crippen molar-refractivity contribution in [3.63, 3.8) is 0 Å². The molecular weight excluding hydrogens is 224 g/mol. The molecule has 2 N–H and O–H groups in total. The molecule has 1 saturated carbocycles. The maximum Gasteiger partial charge on any atom is 0.172 e. The highest BCUT2D eigenvalue weighted by atomic mass is 16.5. The second-order valence-corrected chi connectivity index (χ2v) is 6.26.